The molecule has 2 aliphatic rings. The Morgan fingerprint density at radius 2 is 2.23 bits per heavy atom. The fourth-order valence-corrected chi connectivity index (χ4v) is 4.96. The smallest absolute Gasteiger partial charge is 0.314 e. The van der Waals surface area contributed by atoms with E-state index in [4.69, 9.17) is 4.74 Å². The van der Waals surface area contributed by atoms with Crippen molar-refractivity contribution in [2.45, 2.75) is 44.1 Å². The molecule has 0 amide bonds. The van der Waals surface area contributed by atoms with Crippen LogP contribution in [0.2, 0.25) is 0 Å². The SMILES string of the molecule is CCC1(O)CC2CC(C(=O)OC)c3[nH]c4ccccc4c3CCN(C2)C1. The summed E-state index contributed by atoms with van der Waals surface area (Å²) in [6, 6.07) is 8.26. The minimum Gasteiger partial charge on any atom is -0.469 e. The van der Waals surface area contributed by atoms with Crippen LogP contribution < -0.4 is 0 Å². The molecule has 1 aromatic heterocycles. The number of rotatable bonds is 2. The van der Waals surface area contributed by atoms with Crippen LogP contribution in [0, 0.1) is 5.92 Å². The number of para-hydroxylation sites is 1. The summed E-state index contributed by atoms with van der Waals surface area (Å²) in [4.78, 5) is 18.5. The zero-order valence-corrected chi connectivity index (χ0v) is 15.6. The molecular weight excluding hydrogens is 328 g/mol. The van der Waals surface area contributed by atoms with Gasteiger partial charge in [0.05, 0.1) is 18.6 Å². The lowest BCUT2D eigenvalue weighted by molar-refractivity contribution is -0.143. The first kappa shape index (κ1) is 17.6. The van der Waals surface area contributed by atoms with Crippen molar-refractivity contribution in [1.29, 1.82) is 0 Å². The molecule has 4 rings (SSSR count). The number of hydrogen-bond donors (Lipinski definition) is 2. The minimum atomic E-state index is -0.649. The van der Waals surface area contributed by atoms with E-state index in [1.807, 2.05) is 19.1 Å². The second-order valence-electron chi connectivity index (χ2n) is 8.01. The van der Waals surface area contributed by atoms with Gasteiger partial charge >= 0.3 is 5.97 Å². The highest BCUT2D eigenvalue weighted by molar-refractivity contribution is 5.88. The largest absolute Gasteiger partial charge is 0.469 e. The number of piperidine rings is 1. The van der Waals surface area contributed by atoms with E-state index < -0.39 is 5.60 Å². The van der Waals surface area contributed by atoms with Crippen LogP contribution in [-0.4, -0.2) is 53.3 Å². The third kappa shape index (κ3) is 3.03. The van der Waals surface area contributed by atoms with Gasteiger partial charge in [0.1, 0.15) is 0 Å². The van der Waals surface area contributed by atoms with Crippen LogP contribution in [0.3, 0.4) is 0 Å². The molecule has 1 aromatic carbocycles. The Balaban J connectivity index is 1.79. The van der Waals surface area contributed by atoms with E-state index in [2.05, 4.69) is 22.0 Å². The van der Waals surface area contributed by atoms with Gasteiger partial charge in [-0.25, -0.2) is 0 Å². The zero-order valence-electron chi connectivity index (χ0n) is 15.6. The molecule has 0 radical (unpaired) electrons. The Bertz CT molecular complexity index is 815. The van der Waals surface area contributed by atoms with Gasteiger partial charge in [0.25, 0.3) is 0 Å². The molecule has 140 valence electrons. The summed E-state index contributed by atoms with van der Waals surface area (Å²) < 4.78 is 5.16. The molecule has 4 unspecified atom stereocenters. The van der Waals surface area contributed by atoms with E-state index in [0.717, 1.165) is 50.1 Å². The van der Waals surface area contributed by atoms with Crippen LogP contribution in [0.4, 0.5) is 0 Å². The topological polar surface area (TPSA) is 65.6 Å². The maximum Gasteiger partial charge on any atom is 0.314 e. The number of H-pyrrole nitrogens is 1. The highest BCUT2D eigenvalue weighted by Crippen LogP contribution is 2.39. The number of methoxy groups -OCH3 is 1. The number of esters is 1. The Morgan fingerprint density at radius 3 is 3.00 bits per heavy atom. The van der Waals surface area contributed by atoms with Crippen molar-refractivity contribution >= 4 is 16.9 Å². The molecule has 3 heterocycles. The number of ether oxygens (including phenoxy) is 1. The minimum absolute atomic E-state index is 0.183. The van der Waals surface area contributed by atoms with E-state index in [1.165, 1.54) is 18.1 Å². The van der Waals surface area contributed by atoms with Gasteiger partial charge in [-0.15, -0.1) is 0 Å². The summed E-state index contributed by atoms with van der Waals surface area (Å²) in [6.45, 7) is 4.62. The number of hydrogen-bond acceptors (Lipinski definition) is 4. The van der Waals surface area contributed by atoms with Gasteiger partial charge in [0.15, 0.2) is 0 Å². The Kier molecular flexibility index (Phi) is 4.53. The zero-order chi connectivity index (χ0) is 18.3. The average Bonchev–Trinajstić information content (AvgIpc) is 3.02. The summed E-state index contributed by atoms with van der Waals surface area (Å²) in [6.07, 6.45) is 3.09. The number of nitrogens with one attached hydrogen (secondary N) is 1. The van der Waals surface area contributed by atoms with Gasteiger partial charge in [0.2, 0.25) is 0 Å². The molecule has 0 aliphatic carbocycles. The van der Waals surface area contributed by atoms with Gasteiger partial charge in [0, 0.05) is 36.2 Å². The molecule has 5 heteroatoms. The number of aromatic nitrogens is 1. The number of aliphatic hydroxyl groups is 1. The van der Waals surface area contributed by atoms with Crippen molar-refractivity contribution in [2.24, 2.45) is 5.92 Å². The first-order valence-corrected chi connectivity index (χ1v) is 9.65. The summed E-state index contributed by atoms with van der Waals surface area (Å²) in [5.74, 6) is -0.196. The van der Waals surface area contributed by atoms with E-state index in [1.54, 1.807) is 0 Å². The van der Waals surface area contributed by atoms with Crippen molar-refractivity contribution in [3.63, 3.8) is 0 Å². The molecular formula is C21H28N2O3. The molecule has 0 spiro atoms. The third-order valence-electron chi connectivity index (χ3n) is 6.29. The third-order valence-corrected chi connectivity index (χ3v) is 6.29. The van der Waals surface area contributed by atoms with Crippen molar-refractivity contribution in [2.75, 3.05) is 26.7 Å². The quantitative estimate of drug-likeness (QED) is 0.812. The highest BCUT2D eigenvalue weighted by atomic mass is 16.5. The van der Waals surface area contributed by atoms with E-state index in [-0.39, 0.29) is 17.8 Å². The number of fused-ring (bicyclic) bond motifs is 5. The average molecular weight is 356 g/mol. The second kappa shape index (κ2) is 6.71. The van der Waals surface area contributed by atoms with Crippen molar-refractivity contribution < 1.29 is 14.6 Å². The van der Waals surface area contributed by atoms with Gasteiger partial charge in [-0.1, -0.05) is 25.1 Å². The first-order chi connectivity index (χ1) is 12.5. The number of nitrogens with zero attached hydrogens (tertiary/aromatic N) is 1. The van der Waals surface area contributed by atoms with Crippen molar-refractivity contribution in [1.82, 2.24) is 9.88 Å². The molecule has 2 aliphatic heterocycles. The lowest BCUT2D eigenvalue weighted by Crippen LogP contribution is -2.51. The molecule has 5 nitrogen and oxygen atoms in total. The van der Waals surface area contributed by atoms with Gasteiger partial charge in [-0.05, 0) is 43.2 Å². The van der Waals surface area contributed by atoms with Crippen molar-refractivity contribution in [3.05, 3.63) is 35.5 Å². The Morgan fingerprint density at radius 1 is 1.42 bits per heavy atom. The first-order valence-electron chi connectivity index (χ1n) is 9.65. The van der Waals surface area contributed by atoms with Crippen LogP contribution in [-0.2, 0) is 16.0 Å². The summed E-state index contributed by atoms with van der Waals surface area (Å²) in [5, 5.41) is 12.1. The molecule has 1 saturated heterocycles. The summed E-state index contributed by atoms with van der Waals surface area (Å²) in [7, 11) is 1.47. The molecule has 4 atom stereocenters. The standard InChI is InChI=1S/C21H28N2O3/c1-3-21(25)11-14-10-17(20(24)26-2)19-16(8-9-23(12-14)13-21)15-6-4-5-7-18(15)22-19/h4-7,14,17,22,25H,3,8-13H2,1-2H3. The maximum absolute atomic E-state index is 12.7. The number of aromatic amines is 1. The number of carbonyl (C=O) groups excluding carboxylic acids is 1. The molecule has 2 N–H and O–H groups in total. The predicted molar refractivity (Wildman–Crippen MR) is 101 cm³/mol. The van der Waals surface area contributed by atoms with Crippen LogP contribution in [0.25, 0.3) is 10.9 Å². The van der Waals surface area contributed by atoms with E-state index >= 15 is 0 Å². The lowest BCUT2D eigenvalue weighted by atomic mass is 9.79. The van der Waals surface area contributed by atoms with Gasteiger partial charge in [-0.3, -0.25) is 9.69 Å². The Labute approximate surface area is 154 Å². The van der Waals surface area contributed by atoms with Crippen LogP contribution in [0.1, 0.15) is 43.4 Å². The molecule has 1 fully saturated rings. The molecule has 2 bridgehead atoms. The van der Waals surface area contributed by atoms with Crippen LogP contribution >= 0.6 is 0 Å². The molecule has 0 saturated carbocycles. The summed E-state index contributed by atoms with van der Waals surface area (Å²) >= 11 is 0. The maximum atomic E-state index is 12.7. The highest BCUT2D eigenvalue weighted by Gasteiger charge is 2.40. The lowest BCUT2D eigenvalue weighted by Gasteiger charge is -2.43. The van der Waals surface area contributed by atoms with E-state index in [0.29, 0.717) is 6.42 Å². The summed E-state index contributed by atoms with van der Waals surface area (Å²) in [5.41, 5.74) is 2.66. The fourth-order valence-electron chi connectivity index (χ4n) is 4.96. The van der Waals surface area contributed by atoms with Gasteiger partial charge < -0.3 is 14.8 Å². The normalized spacial score (nSPS) is 31.6. The fraction of sp³-hybridized carbons (Fsp3) is 0.571. The Hall–Kier alpha value is -1.85. The second-order valence-corrected chi connectivity index (χ2v) is 8.01. The number of carbonyl (C=O) groups is 1. The predicted octanol–water partition coefficient (Wildman–Crippen LogP) is 2.83. The van der Waals surface area contributed by atoms with Crippen LogP contribution in [0.5, 0.6) is 0 Å². The van der Waals surface area contributed by atoms with Crippen LogP contribution in [0.15, 0.2) is 24.3 Å². The number of benzene rings is 1. The van der Waals surface area contributed by atoms with Crippen molar-refractivity contribution in [3.8, 4) is 0 Å². The molecule has 2 aromatic rings. The van der Waals surface area contributed by atoms with E-state index in [9.17, 15) is 9.90 Å². The monoisotopic (exact) mass is 356 g/mol. The molecule has 26 heavy (non-hydrogen) atoms. The van der Waals surface area contributed by atoms with Gasteiger partial charge in [-0.2, -0.15) is 0 Å².